The summed E-state index contributed by atoms with van der Waals surface area (Å²) in [5.41, 5.74) is 2.46. The molecule has 1 aliphatic rings. The Labute approximate surface area is 197 Å². The van der Waals surface area contributed by atoms with Gasteiger partial charge in [-0.05, 0) is 29.8 Å². The summed E-state index contributed by atoms with van der Waals surface area (Å²) in [6, 6.07) is 22.7. The molecule has 1 amide bonds. The molecule has 1 heterocycles. The SMILES string of the molecule is COc1ccc(N2CCN(C(=O)c3ccccc3SCc3ccccc3)CC2)c([N+](=O)[O-])c1. The van der Waals surface area contributed by atoms with Crippen LogP contribution < -0.4 is 9.64 Å². The van der Waals surface area contributed by atoms with E-state index in [-0.39, 0.29) is 11.6 Å². The van der Waals surface area contributed by atoms with Gasteiger partial charge in [-0.1, -0.05) is 42.5 Å². The smallest absolute Gasteiger partial charge is 0.296 e. The average Bonchev–Trinajstić information content (AvgIpc) is 2.87. The Morgan fingerprint density at radius 2 is 1.70 bits per heavy atom. The van der Waals surface area contributed by atoms with Gasteiger partial charge in [0.05, 0.1) is 23.7 Å². The number of thioether (sulfide) groups is 1. The van der Waals surface area contributed by atoms with Crippen molar-refractivity contribution in [3.8, 4) is 5.75 Å². The molecule has 0 atom stereocenters. The largest absolute Gasteiger partial charge is 0.496 e. The van der Waals surface area contributed by atoms with Gasteiger partial charge in [-0.25, -0.2) is 0 Å². The fourth-order valence-electron chi connectivity index (χ4n) is 3.87. The van der Waals surface area contributed by atoms with Crippen LogP contribution in [-0.2, 0) is 5.75 Å². The van der Waals surface area contributed by atoms with Crippen molar-refractivity contribution in [2.45, 2.75) is 10.6 Å². The number of carbonyl (C=O) groups excluding carboxylic acids is 1. The molecule has 0 aliphatic carbocycles. The number of hydrogen-bond donors (Lipinski definition) is 0. The van der Waals surface area contributed by atoms with Gasteiger partial charge in [0.1, 0.15) is 11.4 Å². The standard InChI is InChI=1S/C25H25N3O4S/c1-32-20-11-12-22(23(17-20)28(30)31)26-13-15-27(16-14-26)25(29)21-9-5-6-10-24(21)33-18-19-7-3-2-4-8-19/h2-12,17H,13-16,18H2,1H3. The van der Waals surface area contributed by atoms with Crippen molar-refractivity contribution in [1.29, 1.82) is 0 Å². The molecule has 7 nitrogen and oxygen atoms in total. The summed E-state index contributed by atoms with van der Waals surface area (Å²) in [6.45, 7) is 2.05. The Bertz CT molecular complexity index is 1130. The maximum atomic E-state index is 13.3. The zero-order valence-electron chi connectivity index (χ0n) is 18.3. The van der Waals surface area contributed by atoms with E-state index in [2.05, 4.69) is 12.1 Å². The fourth-order valence-corrected chi connectivity index (χ4v) is 4.87. The molecule has 1 aliphatic heterocycles. The summed E-state index contributed by atoms with van der Waals surface area (Å²) >= 11 is 1.65. The summed E-state index contributed by atoms with van der Waals surface area (Å²) in [7, 11) is 1.49. The molecule has 33 heavy (non-hydrogen) atoms. The average molecular weight is 464 g/mol. The first kappa shape index (κ1) is 22.7. The lowest BCUT2D eigenvalue weighted by atomic mass is 10.1. The van der Waals surface area contributed by atoms with E-state index in [0.29, 0.717) is 43.2 Å². The van der Waals surface area contributed by atoms with Crippen LogP contribution in [0.1, 0.15) is 15.9 Å². The van der Waals surface area contributed by atoms with Crippen molar-refractivity contribution < 1.29 is 14.5 Å². The topological polar surface area (TPSA) is 75.9 Å². The Morgan fingerprint density at radius 1 is 1.00 bits per heavy atom. The molecule has 0 saturated carbocycles. The Morgan fingerprint density at radius 3 is 2.39 bits per heavy atom. The summed E-state index contributed by atoms with van der Waals surface area (Å²) in [4.78, 5) is 29.2. The first-order chi connectivity index (χ1) is 16.1. The van der Waals surface area contributed by atoms with E-state index in [0.717, 1.165) is 10.6 Å². The molecule has 3 aromatic carbocycles. The van der Waals surface area contributed by atoms with Crippen molar-refractivity contribution >= 4 is 29.0 Å². The highest BCUT2D eigenvalue weighted by Gasteiger charge is 2.27. The fraction of sp³-hybridized carbons (Fsp3) is 0.240. The molecule has 8 heteroatoms. The zero-order chi connectivity index (χ0) is 23.2. The summed E-state index contributed by atoms with van der Waals surface area (Å²) in [5, 5.41) is 11.5. The van der Waals surface area contributed by atoms with E-state index in [1.165, 1.54) is 18.7 Å². The van der Waals surface area contributed by atoms with Crippen molar-refractivity contribution in [2.24, 2.45) is 0 Å². The molecule has 1 fully saturated rings. The van der Waals surface area contributed by atoms with E-state index >= 15 is 0 Å². The van der Waals surface area contributed by atoms with Gasteiger partial charge < -0.3 is 14.5 Å². The van der Waals surface area contributed by atoms with Gasteiger partial charge in [-0.3, -0.25) is 14.9 Å². The second-order valence-electron chi connectivity index (χ2n) is 7.66. The molecule has 0 radical (unpaired) electrons. The molecular formula is C25H25N3O4S. The molecule has 1 saturated heterocycles. The van der Waals surface area contributed by atoms with E-state index in [9.17, 15) is 14.9 Å². The van der Waals surface area contributed by atoms with Crippen LogP contribution in [0.4, 0.5) is 11.4 Å². The maximum Gasteiger partial charge on any atom is 0.296 e. The van der Waals surface area contributed by atoms with E-state index < -0.39 is 4.92 Å². The Hall–Kier alpha value is -3.52. The highest BCUT2D eigenvalue weighted by molar-refractivity contribution is 7.98. The monoisotopic (exact) mass is 463 g/mol. The maximum absolute atomic E-state index is 13.3. The highest BCUT2D eigenvalue weighted by Crippen LogP contribution is 2.33. The minimum absolute atomic E-state index is 0.00459. The summed E-state index contributed by atoms with van der Waals surface area (Å²) in [5.74, 6) is 1.24. The van der Waals surface area contributed by atoms with Crippen LogP contribution in [0.2, 0.25) is 0 Å². The number of nitrogens with zero attached hydrogens (tertiary/aromatic N) is 3. The van der Waals surface area contributed by atoms with Gasteiger partial charge in [0, 0.05) is 36.8 Å². The number of amides is 1. The third-order valence-corrected chi connectivity index (χ3v) is 6.79. The third kappa shape index (κ3) is 5.28. The second-order valence-corrected chi connectivity index (χ2v) is 8.68. The van der Waals surface area contributed by atoms with Crippen LogP contribution in [0.15, 0.2) is 77.7 Å². The molecule has 0 spiro atoms. The second kappa shape index (κ2) is 10.4. The van der Waals surface area contributed by atoms with E-state index in [1.807, 2.05) is 52.3 Å². The number of piperazine rings is 1. The van der Waals surface area contributed by atoms with Gasteiger partial charge >= 0.3 is 0 Å². The molecule has 4 rings (SSSR count). The molecule has 0 unspecified atom stereocenters. The number of ether oxygens (including phenoxy) is 1. The number of carbonyl (C=O) groups is 1. The number of nitro groups is 1. The van der Waals surface area contributed by atoms with Gasteiger partial charge in [-0.15, -0.1) is 11.8 Å². The predicted molar refractivity (Wildman–Crippen MR) is 130 cm³/mol. The summed E-state index contributed by atoms with van der Waals surface area (Å²) in [6.07, 6.45) is 0. The molecular weight excluding hydrogens is 438 g/mol. The van der Waals surface area contributed by atoms with E-state index in [1.54, 1.807) is 23.9 Å². The normalized spacial score (nSPS) is 13.6. The van der Waals surface area contributed by atoms with Crippen molar-refractivity contribution in [3.05, 3.63) is 94.0 Å². The number of anilines is 1. The minimum Gasteiger partial charge on any atom is -0.496 e. The van der Waals surface area contributed by atoms with Gasteiger partial charge in [0.25, 0.3) is 11.6 Å². The van der Waals surface area contributed by atoms with Crippen molar-refractivity contribution in [3.63, 3.8) is 0 Å². The number of nitro benzene ring substituents is 1. The van der Waals surface area contributed by atoms with Gasteiger partial charge in [-0.2, -0.15) is 0 Å². The lowest BCUT2D eigenvalue weighted by Gasteiger charge is -2.36. The lowest BCUT2D eigenvalue weighted by Crippen LogP contribution is -2.49. The van der Waals surface area contributed by atoms with Crippen molar-refractivity contribution in [2.75, 3.05) is 38.2 Å². The van der Waals surface area contributed by atoms with Crippen LogP contribution in [0.25, 0.3) is 0 Å². The van der Waals surface area contributed by atoms with Gasteiger partial charge in [0.15, 0.2) is 0 Å². The van der Waals surface area contributed by atoms with Crippen LogP contribution in [0.5, 0.6) is 5.75 Å². The lowest BCUT2D eigenvalue weighted by molar-refractivity contribution is -0.384. The first-order valence-electron chi connectivity index (χ1n) is 10.7. The Kier molecular flexibility index (Phi) is 7.14. The number of rotatable bonds is 7. The molecule has 0 bridgehead atoms. The number of methoxy groups -OCH3 is 1. The molecule has 0 aromatic heterocycles. The van der Waals surface area contributed by atoms with Gasteiger partial charge in [0.2, 0.25) is 0 Å². The molecule has 0 N–H and O–H groups in total. The highest BCUT2D eigenvalue weighted by atomic mass is 32.2. The van der Waals surface area contributed by atoms with Crippen LogP contribution in [0, 0.1) is 10.1 Å². The summed E-state index contributed by atoms with van der Waals surface area (Å²) < 4.78 is 5.13. The van der Waals surface area contributed by atoms with Crippen molar-refractivity contribution in [1.82, 2.24) is 4.90 Å². The molecule has 3 aromatic rings. The van der Waals surface area contributed by atoms with Crippen LogP contribution in [-0.4, -0.2) is 49.0 Å². The number of benzene rings is 3. The van der Waals surface area contributed by atoms with E-state index in [4.69, 9.17) is 4.74 Å². The minimum atomic E-state index is -0.393. The van der Waals surface area contributed by atoms with Crippen LogP contribution in [0.3, 0.4) is 0 Å². The first-order valence-corrected chi connectivity index (χ1v) is 11.7. The quantitative estimate of drug-likeness (QED) is 0.283. The number of hydrogen-bond acceptors (Lipinski definition) is 6. The Balaban J connectivity index is 1.44. The third-order valence-electron chi connectivity index (χ3n) is 5.64. The molecule has 170 valence electrons. The van der Waals surface area contributed by atoms with Crippen LogP contribution >= 0.6 is 11.8 Å². The zero-order valence-corrected chi connectivity index (χ0v) is 19.2. The predicted octanol–water partition coefficient (Wildman–Crippen LogP) is 4.86.